The summed E-state index contributed by atoms with van der Waals surface area (Å²) in [5.41, 5.74) is 7.45. The molecule has 1 atom stereocenters. The highest BCUT2D eigenvalue weighted by Crippen LogP contribution is 2.21. The Morgan fingerprint density at radius 2 is 2.37 bits per heavy atom. The quantitative estimate of drug-likeness (QED) is 0.799. The van der Waals surface area contributed by atoms with E-state index in [1.54, 1.807) is 25.3 Å². The van der Waals surface area contributed by atoms with Crippen LogP contribution in [0.15, 0.2) is 18.2 Å². The van der Waals surface area contributed by atoms with E-state index in [2.05, 4.69) is 5.32 Å². The molecule has 5 nitrogen and oxygen atoms in total. The van der Waals surface area contributed by atoms with Gasteiger partial charge in [0.05, 0.1) is 6.61 Å². The smallest absolute Gasteiger partial charge is 0.251 e. The van der Waals surface area contributed by atoms with Gasteiger partial charge in [-0.3, -0.25) is 4.79 Å². The molecule has 2 rings (SSSR count). The summed E-state index contributed by atoms with van der Waals surface area (Å²) < 4.78 is 10.8. The summed E-state index contributed by atoms with van der Waals surface area (Å²) in [7, 11) is 1.65. The lowest BCUT2D eigenvalue weighted by atomic mass is 10.0. The van der Waals surface area contributed by atoms with Gasteiger partial charge >= 0.3 is 0 Å². The Kier molecular flexibility index (Phi) is 4.07. The molecule has 0 saturated carbocycles. The molecule has 1 aromatic carbocycles. The van der Waals surface area contributed by atoms with E-state index in [1.165, 1.54) is 0 Å². The van der Waals surface area contributed by atoms with Crippen LogP contribution in [0.2, 0.25) is 0 Å². The molecule has 1 unspecified atom stereocenters. The van der Waals surface area contributed by atoms with E-state index in [1.807, 2.05) is 6.92 Å². The average molecular weight is 264 g/mol. The Balaban J connectivity index is 2.01. The molecule has 0 spiro atoms. The van der Waals surface area contributed by atoms with E-state index in [4.69, 9.17) is 15.2 Å². The lowest BCUT2D eigenvalue weighted by molar-refractivity contribution is -0.0148. The molecule has 104 valence electrons. The third kappa shape index (κ3) is 3.05. The minimum Gasteiger partial charge on any atom is -0.399 e. The molecule has 1 amide bonds. The number of ether oxygens (including phenoxy) is 2. The number of aryl methyl sites for hydroxylation is 1. The van der Waals surface area contributed by atoms with Crippen molar-refractivity contribution in [1.82, 2.24) is 5.32 Å². The van der Waals surface area contributed by atoms with Gasteiger partial charge in [0.2, 0.25) is 0 Å². The lowest BCUT2D eigenvalue weighted by Gasteiger charge is -2.26. The minimum atomic E-state index is -0.391. The zero-order valence-corrected chi connectivity index (χ0v) is 11.4. The highest BCUT2D eigenvalue weighted by Gasteiger charge is 2.35. The molecule has 0 radical (unpaired) electrons. The van der Waals surface area contributed by atoms with Crippen LogP contribution in [0.25, 0.3) is 0 Å². The largest absolute Gasteiger partial charge is 0.399 e. The van der Waals surface area contributed by atoms with Gasteiger partial charge in [0, 0.05) is 37.9 Å². The van der Waals surface area contributed by atoms with E-state index in [0.717, 1.165) is 12.0 Å². The zero-order valence-electron chi connectivity index (χ0n) is 11.4. The Morgan fingerprint density at radius 3 is 2.95 bits per heavy atom. The molecule has 1 heterocycles. The number of rotatable bonds is 4. The van der Waals surface area contributed by atoms with Crippen molar-refractivity contribution < 1.29 is 14.3 Å². The Hall–Kier alpha value is -1.59. The molecule has 1 saturated heterocycles. The van der Waals surface area contributed by atoms with Gasteiger partial charge in [-0.2, -0.15) is 0 Å². The number of carbonyl (C=O) groups excluding carboxylic acids is 1. The van der Waals surface area contributed by atoms with Gasteiger partial charge in [-0.05, 0) is 30.7 Å². The fourth-order valence-electron chi connectivity index (χ4n) is 2.24. The van der Waals surface area contributed by atoms with E-state index >= 15 is 0 Å². The molecule has 1 aliphatic rings. The maximum absolute atomic E-state index is 12.1. The predicted octanol–water partition coefficient (Wildman–Crippen LogP) is 1.11. The molecule has 1 aliphatic heterocycles. The van der Waals surface area contributed by atoms with E-state index < -0.39 is 5.60 Å². The molecule has 0 bridgehead atoms. The van der Waals surface area contributed by atoms with Crippen LogP contribution in [0.1, 0.15) is 22.3 Å². The Labute approximate surface area is 113 Å². The van der Waals surface area contributed by atoms with Crippen LogP contribution >= 0.6 is 0 Å². The number of hydrogen-bond acceptors (Lipinski definition) is 4. The second-order valence-electron chi connectivity index (χ2n) is 4.95. The number of nitrogens with two attached hydrogens (primary N) is 1. The SMILES string of the molecule is COC1(CNC(=O)c2ccc(N)cc2C)CCOC1. The van der Waals surface area contributed by atoms with Gasteiger partial charge in [0.15, 0.2) is 0 Å². The summed E-state index contributed by atoms with van der Waals surface area (Å²) in [6, 6.07) is 5.26. The van der Waals surface area contributed by atoms with Crippen LogP contribution in [0, 0.1) is 6.92 Å². The van der Waals surface area contributed by atoms with Gasteiger partial charge in [-0.1, -0.05) is 0 Å². The van der Waals surface area contributed by atoms with Crippen molar-refractivity contribution in [1.29, 1.82) is 0 Å². The summed E-state index contributed by atoms with van der Waals surface area (Å²) in [6.07, 6.45) is 0.796. The maximum atomic E-state index is 12.1. The Morgan fingerprint density at radius 1 is 1.58 bits per heavy atom. The number of nitrogen functional groups attached to an aromatic ring is 1. The normalized spacial score (nSPS) is 22.4. The van der Waals surface area contributed by atoms with Gasteiger partial charge in [0.25, 0.3) is 5.91 Å². The second kappa shape index (κ2) is 5.59. The van der Waals surface area contributed by atoms with Crippen LogP contribution in [0.3, 0.4) is 0 Å². The molecule has 3 N–H and O–H groups in total. The zero-order chi connectivity index (χ0) is 13.9. The molecular formula is C14H20N2O3. The topological polar surface area (TPSA) is 73.6 Å². The number of anilines is 1. The molecular weight excluding hydrogens is 244 g/mol. The van der Waals surface area contributed by atoms with Crippen LogP contribution in [-0.4, -0.2) is 38.4 Å². The van der Waals surface area contributed by atoms with Crippen molar-refractivity contribution in [3.05, 3.63) is 29.3 Å². The van der Waals surface area contributed by atoms with Crippen molar-refractivity contribution in [2.24, 2.45) is 0 Å². The third-order valence-corrected chi connectivity index (χ3v) is 3.57. The van der Waals surface area contributed by atoms with Crippen LogP contribution in [0.5, 0.6) is 0 Å². The van der Waals surface area contributed by atoms with Crippen LogP contribution in [0.4, 0.5) is 5.69 Å². The van der Waals surface area contributed by atoms with Gasteiger partial charge in [0.1, 0.15) is 5.60 Å². The summed E-state index contributed by atoms with van der Waals surface area (Å²) in [5, 5.41) is 2.91. The number of nitrogens with one attached hydrogen (secondary N) is 1. The van der Waals surface area contributed by atoms with E-state index in [-0.39, 0.29) is 5.91 Å². The van der Waals surface area contributed by atoms with Crippen molar-refractivity contribution in [2.45, 2.75) is 18.9 Å². The van der Waals surface area contributed by atoms with E-state index in [0.29, 0.717) is 31.0 Å². The van der Waals surface area contributed by atoms with Crippen molar-refractivity contribution in [3.63, 3.8) is 0 Å². The summed E-state index contributed by atoms with van der Waals surface area (Å²) in [6.45, 7) is 3.51. The van der Waals surface area contributed by atoms with Crippen molar-refractivity contribution in [2.75, 3.05) is 32.6 Å². The number of carbonyl (C=O) groups is 1. The molecule has 1 fully saturated rings. The van der Waals surface area contributed by atoms with Gasteiger partial charge in [-0.25, -0.2) is 0 Å². The number of amides is 1. The number of methoxy groups -OCH3 is 1. The van der Waals surface area contributed by atoms with Gasteiger partial charge < -0.3 is 20.5 Å². The highest BCUT2D eigenvalue weighted by atomic mass is 16.5. The number of hydrogen-bond donors (Lipinski definition) is 2. The summed E-state index contributed by atoms with van der Waals surface area (Å²) >= 11 is 0. The van der Waals surface area contributed by atoms with Crippen LogP contribution < -0.4 is 11.1 Å². The van der Waals surface area contributed by atoms with Gasteiger partial charge in [-0.15, -0.1) is 0 Å². The standard InChI is InChI=1S/C14H20N2O3/c1-10-7-11(15)3-4-12(10)13(17)16-8-14(18-2)5-6-19-9-14/h3-4,7H,5-6,8-9,15H2,1-2H3,(H,16,17). The first-order valence-corrected chi connectivity index (χ1v) is 6.33. The predicted molar refractivity (Wildman–Crippen MR) is 73.1 cm³/mol. The molecule has 0 aliphatic carbocycles. The maximum Gasteiger partial charge on any atom is 0.251 e. The highest BCUT2D eigenvalue weighted by molar-refractivity contribution is 5.96. The monoisotopic (exact) mass is 264 g/mol. The molecule has 5 heteroatoms. The lowest BCUT2D eigenvalue weighted by Crippen LogP contribution is -2.45. The molecule has 19 heavy (non-hydrogen) atoms. The van der Waals surface area contributed by atoms with Crippen molar-refractivity contribution >= 4 is 11.6 Å². The Bertz CT molecular complexity index is 468. The fourth-order valence-corrected chi connectivity index (χ4v) is 2.24. The van der Waals surface area contributed by atoms with E-state index in [9.17, 15) is 4.79 Å². The minimum absolute atomic E-state index is 0.110. The first kappa shape index (κ1) is 13.8. The first-order valence-electron chi connectivity index (χ1n) is 6.33. The number of benzene rings is 1. The second-order valence-corrected chi connectivity index (χ2v) is 4.95. The fraction of sp³-hybridized carbons (Fsp3) is 0.500. The van der Waals surface area contributed by atoms with Crippen LogP contribution in [-0.2, 0) is 9.47 Å². The van der Waals surface area contributed by atoms with Crippen molar-refractivity contribution in [3.8, 4) is 0 Å². The molecule has 0 aromatic heterocycles. The summed E-state index contributed by atoms with van der Waals surface area (Å²) in [4.78, 5) is 12.1. The molecule has 1 aromatic rings. The summed E-state index contributed by atoms with van der Waals surface area (Å²) in [5.74, 6) is -0.110. The average Bonchev–Trinajstić information content (AvgIpc) is 2.85. The first-order chi connectivity index (χ1) is 9.06. The third-order valence-electron chi connectivity index (χ3n) is 3.57.